The van der Waals surface area contributed by atoms with Gasteiger partial charge in [0.1, 0.15) is 17.3 Å². The van der Waals surface area contributed by atoms with Gasteiger partial charge < -0.3 is 14.6 Å². The van der Waals surface area contributed by atoms with Crippen LogP contribution >= 0.6 is 0 Å². The zero-order valence-electron chi connectivity index (χ0n) is 23.7. The number of aryl methyl sites for hydroxylation is 2. The van der Waals surface area contributed by atoms with Gasteiger partial charge in [0.2, 0.25) is 0 Å². The van der Waals surface area contributed by atoms with E-state index < -0.39 is 17.7 Å². The fraction of sp³-hybridized carbons (Fsp3) is 0.333. The molecule has 1 saturated heterocycles. The molecule has 1 amide bonds. The highest BCUT2D eigenvalue weighted by molar-refractivity contribution is 6.51. The molecular formula is C33H37NO5. The van der Waals surface area contributed by atoms with Gasteiger partial charge in [-0.25, -0.2) is 0 Å². The molecule has 0 aliphatic carbocycles. The molecule has 3 aromatic rings. The van der Waals surface area contributed by atoms with Crippen LogP contribution in [0.15, 0.2) is 66.2 Å². The average molecular weight is 528 g/mol. The van der Waals surface area contributed by atoms with Gasteiger partial charge in [0.25, 0.3) is 11.7 Å². The van der Waals surface area contributed by atoms with Crippen LogP contribution in [-0.2, 0) is 16.0 Å². The number of aliphatic hydroxyl groups is 1. The van der Waals surface area contributed by atoms with Gasteiger partial charge in [-0.15, -0.1) is 0 Å². The average Bonchev–Trinajstić information content (AvgIpc) is 3.18. The van der Waals surface area contributed by atoms with Crippen molar-refractivity contribution in [1.82, 2.24) is 0 Å². The Hall–Kier alpha value is -4.06. The Morgan fingerprint density at radius 2 is 1.62 bits per heavy atom. The van der Waals surface area contributed by atoms with Gasteiger partial charge in [-0.05, 0) is 91.8 Å². The summed E-state index contributed by atoms with van der Waals surface area (Å²) in [7, 11) is 1.61. The van der Waals surface area contributed by atoms with Crippen molar-refractivity contribution in [1.29, 1.82) is 0 Å². The number of carbonyl (C=O) groups excluding carboxylic acids is 2. The van der Waals surface area contributed by atoms with Crippen LogP contribution in [0.25, 0.3) is 5.76 Å². The van der Waals surface area contributed by atoms with E-state index >= 15 is 0 Å². The third kappa shape index (κ3) is 5.42. The van der Waals surface area contributed by atoms with Crippen LogP contribution in [-0.4, -0.2) is 30.0 Å². The summed E-state index contributed by atoms with van der Waals surface area (Å²) in [6, 6.07) is 17.9. The molecule has 1 unspecified atom stereocenters. The second kappa shape index (κ2) is 11.4. The first-order valence-electron chi connectivity index (χ1n) is 13.4. The van der Waals surface area contributed by atoms with Crippen molar-refractivity contribution in [3.63, 3.8) is 0 Å². The van der Waals surface area contributed by atoms with Gasteiger partial charge in [-0.3, -0.25) is 14.5 Å². The number of hydrogen-bond acceptors (Lipinski definition) is 5. The lowest BCUT2D eigenvalue weighted by molar-refractivity contribution is -0.132. The molecule has 0 aromatic heterocycles. The SMILES string of the molecule is CCc1ccc(C2/C(=C(\O)c3cc(C(C)C)c(OC)cc3C)C(=O)C(=O)N2c2ccc(OC(C)C)cc2)cc1. The molecule has 204 valence electrons. The molecule has 39 heavy (non-hydrogen) atoms. The van der Waals surface area contributed by atoms with Crippen molar-refractivity contribution in [2.24, 2.45) is 0 Å². The largest absolute Gasteiger partial charge is 0.507 e. The number of rotatable bonds is 8. The van der Waals surface area contributed by atoms with Crippen LogP contribution in [0.4, 0.5) is 5.69 Å². The summed E-state index contributed by atoms with van der Waals surface area (Å²) in [5, 5.41) is 11.7. The number of ketones is 1. The summed E-state index contributed by atoms with van der Waals surface area (Å²) in [5.74, 6) is -0.0883. The molecule has 1 aliphatic rings. The highest BCUT2D eigenvalue weighted by Crippen LogP contribution is 2.43. The summed E-state index contributed by atoms with van der Waals surface area (Å²) in [6.45, 7) is 11.9. The van der Waals surface area contributed by atoms with Gasteiger partial charge in [0, 0.05) is 11.3 Å². The first kappa shape index (κ1) is 28.0. The zero-order chi connectivity index (χ0) is 28.4. The van der Waals surface area contributed by atoms with E-state index in [1.54, 1.807) is 31.4 Å². The molecule has 1 N–H and O–H groups in total. The number of aliphatic hydroxyl groups excluding tert-OH is 1. The Labute approximate surface area is 230 Å². The number of ether oxygens (including phenoxy) is 2. The van der Waals surface area contributed by atoms with E-state index in [4.69, 9.17) is 9.47 Å². The molecular weight excluding hydrogens is 490 g/mol. The maximum absolute atomic E-state index is 13.6. The molecule has 0 radical (unpaired) electrons. The molecule has 1 aliphatic heterocycles. The molecule has 0 spiro atoms. The maximum Gasteiger partial charge on any atom is 0.300 e. The van der Waals surface area contributed by atoms with E-state index in [-0.39, 0.29) is 23.4 Å². The monoisotopic (exact) mass is 527 g/mol. The fourth-order valence-electron chi connectivity index (χ4n) is 5.03. The highest BCUT2D eigenvalue weighted by Gasteiger charge is 2.47. The predicted molar refractivity (Wildman–Crippen MR) is 155 cm³/mol. The van der Waals surface area contributed by atoms with E-state index in [1.807, 2.05) is 71.0 Å². The molecule has 1 heterocycles. The number of anilines is 1. The highest BCUT2D eigenvalue weighted by atomic mass is 16.5. The van der Waals surface area contributed by atoms with Gasteiger partial charge >= 0.3 is 0 Å². The van der Waals surface area contributed by atoms with Crippen LogP contribution in [0, 0.1) is 6.92 Å². The van der Waals surface area contributed by atoms with Gasteiger partial charge in [-0.2, -0.15) is 0 Å². The lowest BCUT2D eigenvalue weighted by atomic mass is 9.90. The fourth-order valence-corrected chi connectivity index (χ4v) is 5.03. The Morgan fingerprint density at radius 1 is 0.974 bits per heavy atom. The van der Waals surface area contributed by atoms with Crippen LogP contribution in [0.5, 0.6) is 11.5 Å². The van der Waals surface area contributed by atoms with Crippen molar-refractivity contribution in [2.45, 2.75) is 66.0 Å². The number of hydrogen-bond donors (Lipinski definition) is 1. The molecule has 0 bridgehead atoms. The van der Waals surface area contributed by atoms with Crippen molar-refractivity contribution in [3.8, 4) is 11.5 Å². The molecule has 4 rings (SSSR count). The molecule has 3 aromatic carbocycles. The quantitative estimate of drug-likeness (QED) is 0.192. The Bertz CT molecular complexity index is 1400. The number of Topliss-reactive ketones (excluding diaryl/α,β-unsaturated/α-hetero) is 1. The lowest BCUT2D eigenvalue weighted by Crippen LogP contribution is -2.29. The number of methoxy groups -OCH3 is 1. The Kier molecular flexibility index (Phi) is 8.14. The number of carbonyl (C=O) groups is 2. The predicted octanol–water partition coefficient (Wildman–Crippen LogP) is 7.10. The van der Waals surface area contributed by atoms with Gasteiger partial charge in [0.15, 0.2) is 0 Å². The van der Waals surface area contributed by atoms with E-state index in [0.29, 0.717) is 17.0 Å². The molecule has 6 heteroatoms. The minimum absolute atomic E-state index is 0.00521. The van der Waals surface area contributed by atoms with E-state index in [1.165, 1.54) is 4.90 Å². The molecule has 1 fully saturated rings. The number of benzene rings is 3. The third-order valence-corrected chi connectivity index (χ3v) is 7.09. The maximum atomic E-state index is 13.6. The summed E-state index contributed by atoms with van der Waals surface area (Å²) in [6.07, 6.45) is 0.867. The third-order valence-electron chi connectivity index (χ3n) is 7.09. The van der Waals surface area contributed by atoms with Gasteiger partial charge in [-0.1, -0.05) is 45.0 Å². The smallest absolute Gasteiger partial charge is 0.300 e. The molecule has 0 saturated carbocycles. The summed E-state index contributed by atoms with van der Waals surface area (Å²) < 4.78 is 11.3. The van der Waals surface area contributed by atoms with E-state index in [9.17, 15) is 14.7 Å². The minimum atomic E-state index is -0.795. The standard InChI is InChI=1S/C33H37NO5/c1-8-22-9-11-23(12-10-22)30-29(31(35)27-18-26(19(2)3)28(38-7)17-21(27)6)32(36)33(37)34(30)24-13-15-25(16-14-24)39-20(4)5/h9-20,30,35H,8H2,1-7H3/b31-29+. The summed E-state index contributed by atoms with van der Waals surface area (Å²) >= 11 is 0. The van der Waals surface area contributed by atoms with Crippen molar-refractivity contribution < 1.29 is 24.2 Å². The van der Waals surface area contributed by atoms with Crippen LogP contribution < -0.4 is 14.4 Å². The van der Waals surface area contributed by atoms with E-state index in [0.717, 1.165) is 34.4 Å². The van der Waals surface area contributed by atoms with Crippen LogP contribution in [0.3, 0.4) is 0 Å². The first-order valence-corrected chi connectivity index (χ1v) is 13.4. The van der Waals surface area contributed by atoms with Crippen LogP contribution in [0.1, 0.15) is 74.4 Å². The summed E-state index contributed by atoms with van der Waals surface area (Å²) in [4.78, 5) is 28.6. The van der Waals surface area contributed by atoms with Crippen molar-refractivity contribution in [3.05, 3.63) is 94.1 Å². The zero-order valence-corrected chi connectivity index (χ0v) is 23.7. The molecule has 6 nitrogen and oxygen atoms in total. The Morgan fingerprint density at radius 3 is 2.15 bits per heavy atom. The lowest BCUT2D eigenvalue weighted by Gasteiger charge is -2.26. The molecule has 1 atom stereocenters. The van der Waals surface area contributed by atoms with Gasteiger partial charge in [0.05, 0.1) is 24.8 Å². The van der Waals surface area contributed by atoms with Crippen LogP contribution in [0.2, 0.25) is 0 Å². The number of amides is 1. The van der Waals surface area contributed by atoms with Crippen molar-refractivity contribution >= 4 is 23.1 Å². The van der Waals surface area contributed by atoms with E-state index in [2.05, 4.69) is 6.92 Å². The minimum Gasteiger partial charge on any atom is -0.507 e. The first-order chi connectivity index (χ1) is 18.6. The topological polar surface area (TPSA) is 76.1 Å². The number of nitrogens with zero attached hydrogens (tertiary/aromatic N) is 1. The van der Waals surface area contributed by atoms with Crippen molar-refractivity contribution in [2.75, 3.05) is 12.0 Å². The Balaban J connectivity index is 1.92. The summed E-state index contributed by atoms with van der Waals surface area (Å²) in [5.41, 5.74) is 4.65. The normalized spacial score (nSPS) is 16.8. The second-order valence-electron chi connectivity index (χ2n) is 10.5. The second-order valence-corrected chi connectivity index (χ2v) is 10.5.